The average Bonchev–Trinajstić information content (AvgIpc) is 2.91. The first-order chi connectivity index (χ1) is 17.6. The third kappa shape index (κ3) is 6.04. The molecule has 0 saturated carbocycles. The van der Waals surface area contributed by atoms with Gasteiger partial charge in [0.15, 0.2) is 0 Å². The van der Waals surface area contributed by atoms with Crippen LogP contribution in [0.2, 0.25) is 0 Å². The molecule has 2 heterocycles. The number of benzene rings is 3. The monoisotopic (exact) mass is 479 g/mol. The Morgan fingerprint density at radius 3 is 1.92 bits per heavy atom. The maximum absolute atomic E-state index is 6.24. The lowest BCUT2D eigenvalue weighted by molar-refractivity contribution is 0.268. The molecule has 184 valence electrons. The average molecular weight is 480 g/mol. The van der Waals surface area contributed by atoms with E-state index in [-0.39, 0.29) is 0 Å². The molecule has 3 aromatic carbocycles. The Hall–Kier alpha value is -3.83. The van der Waals surface area contributed by atoms with Gasteiger partial charge >= 0.3 is 0 Å². The highest BCUT2D eigenvalue weighted by Crippen LogP contribution is 2.33. The van der Waals surface area contributed by atoms with Crippen LogP contribution in [0, 0.1) is 0 Å². The minimum absolute atomic E-state index is 0.442. The van der Waals surface area contributed by atoms with Crippen molar-refractivity contribution in [3.8, 4) is 22.9 Å². The molecule has 5 nitrogen and oxygen atoms in total. The van der Waals surface area contributed by atoms with Crippen LogP contribution in [0.3, 0.4) is 0 Å². The second kappa shape index (κ2) is 11.3. The van der Waals surface area contributed by atoms with Gasteiger partial charge in [0.25, 0.3) is 0 Å². The Morgan fingerprint density at radius 2 is 1.31 bits per heavy atom. The lowest BCUT2D eigenvalue weighted by atomic mass is 10.1. The molecule has 0 radical (unpaired) electrons. The van der Waals surface area contributed by atoms with Crippen LogP contribution in [0.15, 0.2) is 97.1 Å². The van der Waals surface area contributed by atoms with Gasteiger partial charge in [0.1, 0.15) is 13.2 Å². The van der Waals surface area contributed by atoms with Gasteiger partial charge in [-0.1, -0.05) is 72.8 Å². The van der Waals surface area contributed by atoms with Crippen molar-refractivity contribution in [2.75, 3.05) is 18.0 Å². The third-order valence-electron chi connectivity index (χ3n) is 6.38. The molecular formula is C31H33N3O2. The smallest absolute Gasteiger partial charge is 0.225 e. The lowest BCUT2D eigenvalue weighted by Gasteiger charge is -2.37. The molecule has 2 atom stereocenters. The normalized spacial score (nSPS) is 17.6. The molecule has 0 spiro atoms. The van der Waals surface area contributed by atoms with Crippen molar-refractivity contribution in [2.24, 2.45) is 0 Å². The number of ether oxygens (including phenoxy) is 2. The number of pyridine rings is 1. The van der Waals surface area contributed by atoms with Crippen molar-refractivity contribution >= 4 is 5.69 Å². The lowest BCUT2D eigenvalue weighted by Crippen LogP contribution is -2.54. The summed E-state index contributed by atoms with van der Waals surface area (Å²) in [6, 6.07) is 33.9. The second-order valence-corrected chi connectivity index (χ2v) is 9.47. The fourth-order valence-corrected chi connectivity index (χ4v) is 4.68. The van der Waals surface area contributed by atoms with Crippen molar-refractivity contribution in [1.29, 1.82) is 0 Å². The number of nitrogens with zero attached hydrogens (tertiary/aromatic N) is 2. The van der Waals surface area contributed by atoms with E-state index < -0.39 is 0 Å². The SMILES string of the molecule is CC1CN(c2ccc(-c3ccc(OCc4ccccc4)nc3OCc3ccccc3)cc2)CC(C)N1. The summed E-state index contributed by atoms with van der Waals surface area (Å²) in [5.74, 6) is 1.12. The molecule has 4 aromatic rings. The van der Waals surface area contributed by atoms with Crippen molar-refractivity contribution in [3.05, 3.63) is 108 Å². The molecule has 0 amide bonds. The first kappa shape index (κ1) is 23.9. The Kier molecular flexibility index (Phi) is 7.48. The summed E-state index contributed by atoms with van der Waals surface area (Å²) < 4.78 is 12.2. The van der Waals surface area contributed by atoms with Gasteiger partial charge in [-0.25, -0.2) is 0 Å². The molecule has 0 bridgehead atoms. The molecule has 1 aliphatic heterocycles. The Labute approximate surface area is 213 Å². The first-order valence-electron chi connectivity index (χ1n) is 12.6. The predicted molar refractivity (Wildman–Crippen MR) is 145 cm³/mol. The van der Waals surface area contributed by atoms with Crippen LogP contribution in [-0.2, 0) is 13.2 Å². The number of rotatable bonds is 8. The summed E-state index contributed by atoms with van der Waals surface area (Å²) in [7, 11) is 0. The van der Waals surface area contributed by atoms with E-state index >= 15 is 0 Å². The van der Waals surface area contributed by atoms with E-state index in [1.165, 1.54) is 5.69 Å². The molecule has 1 fully saturated rings. The van der Waals surface area contributed by atoms with Crippen molar-refractivity contribution < 1.29 is 9.47 Å². The highest BCUT2D eigenvalue weighted by Gasteiger charge is 2.21. The van der Waals surface area contributed by atoms with Crippen molar-refractivity contribution in [3.63, 3.8) is 0 Å². The minimum atomic E-state index is 0.442. The van der Waals surface area contributed by atoms with Gasteiger partial charge in [0.05, 0.1) is 0 Å². The Balaban J connectivity index is 1.37. The van der Waals surface area contributed by atoms with Gasteiger partial charge in [-0.05, 0) is 48.7 Å². The van der Waals surface area contributed by atoms with Gasteiger partial charge in [0.2, 0.25) is 11.8 Å². The van der Waals surface area contributed by atoms with Crippen LogP contribution < -0.4 is 19.7 Å². The van der Waals surface area contributed by atoms with Gasteiger partial charge < -0.3 is 19.7 Å². The number of hydrogen-bond donors (Lipinski definition) is 1. The molecular weight excluding hydrogens is 446 g/mol. The highest BCUT2D eigenvalue weighted by molar-refractivity contribution is 5.71. The van der Waals surface area contributed by atoms with E-state index in [0.717, 1.165) is 35.3 Å². The predicted octanol–water partition coefficient (Wildman–Crippen LogP) is 6.09. The van der Waals surface area contributed by atoms with E-state index in [0.29, 0.717) is 37.1 Å². The number of piperazine rings is 1. The number of hydrogen-bond acceptors (Lipinski definition) is 5. The van der Waals surface area contributed by atoms with Crippen molar-refractivity contribution in [1.82, 2.24) is 10.3 Å². The van der Waals surface area contributed by atoms with Gasteiger partial charge in [-0.3, -0.25) is 0 Å². The maximum Gasteiger partial charge on any atom is 0.225 e. The Morgan fingerprint density at radius 1 is 0.722 bits per heavy atom. The molecule has 0 aliphatic carbocycles. The van der Waals surface area contributed by atoms with Crippen LogP contribution >= 0.6 is 0 Å². The van der Waals surface area contributed by atoms with E-state index in [4.69, 9.17) is 14.5 Å². The standard InChI is InChI=1S/C31H33N3O2/c1-23-19-34(20-24(2)32-23)28-15-13-27(14-16-28)29-17-18-30(35-21-25-9-5-3-6-10-25)33-31(29)36-22-26-11-7-4-8-12-26/h3-18,23-24,32H,19-22H2,1-2H3. The molecule has 5 heteroatoms. The van der Waals surface area contributed by atoms with Crippen LogP contribution in [0.5, 0.6) is 11.8 Å². The zero-order chi connectivity index (χ0) is 24.7. The third-order valence-corrected chi connectivity index (χ3v) is 6.38. The largest absolute Gasteiger partial charge is 0.473 e. The van der Waals surface area contributed by atoms with E-state index in [9.17, 15) is 0 Å². The van der Waals surface area contributed by atoms with Crippen LogP contribution in [0.4, 0.5) is 5.69 Å². The second-order valence-electron chi connectivity index (χ2n) is 9.47. The van der Waals surface area contributed by atoms with E-state index in [1.807, 2.05) is 60.7 Å². The van der Waals surface area contributed by atoms with Gasteiger partial charge in [-0.15, -0.1) is 0 Å². The highest BCUT2D eigenvalue weighted by atomic mass is 16.5. The van der Waals surface area contributed by atoms with E-state index in [2.05, 4.69) is 60.5 Å². The molecule has 1 saturated heterocycles. The molecule has 1 N–H and O–H groups in total. The molecule has 36 heavy (non-hydrogen) atoms. The first-order valence-corrected chi connectivity index (χ1v) is 12.6. The topological polar surface area (TPSA) is 46.6 Å². The molecule has 5 rings (SSSR count). The number of aromatic nitrogens is 1. The zero-order valence-electron chi connectivity index (χ0n) is 20.9. The molecule has 1 aromatic heterocycles. The van der Waals surface area contributed by atoms with Crippen LogP contribution in [0.25, 0.3) is 11.1 Å². The zero-order valence-corrected chi connectivity index (χ0v) is 20.9. The minimum Gasteiger partial charge on any atom is -0.473 e. The van der Waals surface area contributed by atoms with Gasteiger partial charge in [-0.2, -0.15) is 4.98 Å². The van der Waals surface area contributed by atoms with Gasteiger partial charge in [0, 0.05) is 42.5 Å². The van der Waals surface area contributed by atoms with E-state index in [1.54, 1.807) is 0 Å². The summed E-state index contributed by atoms with van der Waals surface area (Å²) in [4.78, 5) is 7.19. The van der Waals surface area contributed by atoms with Crippen molar-refractivity contribution in [2.45, 2.75) is 39.1 Å². The fraction of sp³-hybridized carbons (Fsp3) is 0.258. The summed E-state index contributed by atoms with van der Waals surface area (Å²) in [6.45, 7) is 7.38. The van der Waals surface area contributed by atoms with Crippen LogP contribution in [0.1, 0.15) is 25.0 Å². The molecule has 2 unspecified atom stereocenters. The summed E-state index contributed by atoms with van der Waals surface area (Å²) in [5.41, 5.74) is 5.45. The quantitative estimate of drug-likeness (QED) is 0.331. The van der Waals surface area contributed by atoms with Crippen LogP contribution in [-0.4, -0.2) is 30.2 Å². The fourth-order valence-electron chi connectivity index (χ4n) is 4.68. The number of anilines is 1. The maximum atomic E-state index is 6.24. The summed E-state index contributed by atoms with van der Waals surface area (Å²) >= 11 is 0. The summed E-state index contributed by atoms with van der Waals surface area (Å²) in [6.07, 6.45) is 0. The summed E-state index contributed by atoms with van der Waals surface area (Å²) in [5, 5.41) is 3.60. The molecule has 1 aliphatic rings. The Bertz CT molecular complexity index is 1240. The number of nitrogens with one attached hydrogen (secondary N) is 1.